The maximum absolute atomic E-state index is 11.7. The molecule has 6 nitrogen and oxygen atoms in total. The van der Waals surface area contributed by atoms with E-state index < -0.39 is 6.09 Å². The number of rotatable bonds is 6. The molecule has 1 saturated carbocycles. The molecule has 2 aromatic rings. The lowest BCUT2D eigenvalue weighted by Gasteiger charge is -2.42. The number of carboxylic acid groups (broad SMARTS) is 1. The molecule has 0 unspecified atom stereocenters. The first-order valence-corrected chi connectivity index (χ1v) is 10.6. The van der Waals surface area contributed by atoms with Crippen LogP contribution in [0, 0.1) is 0 Å². The summed E-state index contributed by atoms with van der Waals surface area (Å²) >= 11 is 0. The molecule has 1 aliphatic rings. The maximum Gasteiger partial charge on any atom is 0.407 e. The minimum Gasteiger partial charge on any atom is -0.496 e. The molecule has 1 aromatic carbocycles. The van der Waals surface area contributed by atoms with E-state index in [1.807, 2.05) is 39.0 Å². The number of nitrogens with zero attached hydrogens (tertiary/aromatic N) is 2. The van der Waals surface area contributed by atoms with E-state index in [9.17, 15) is 9.90 Å². The highest BCUT2D eigenvalue weighted by Crippen LogP contribution is 2.30. The number of benzene rings is 1. The lowest BCUT2D eigenvalue weighted by atomic mass is 9.88. The van der Waals surface area contributed by atoms with E-state index in [1.54, 1.807) is 24.4 Å². The van der Waals surface area contributed by atoms with Gasteiger partial charge in [0.1, 0.15) is 5.75 Å². The minimum absolute atomic E-state index is 0.0881. The van der Waals surface area contributed by atoms with Crippen LogP contribution in [0.2, 0.25) is 0 Å². The van der Waals surface area contributed by atoms with Crippen LogP contribution in [0.4, 0.5) is 4.79 Å². The third kappa shape index (κ3) is 5.30. The number of methoxy groups -OCH3 is 1. The van der Waals surface area contributed by atoms with E-state index in [4.69, 9.17) is 4.74 Å². The van der Waals surface area contributed by atoms with Gasteiger partial charge in [-0.2, -0.15) is 0 Å². The van der Waals surface area contributed by atoms with Crippen LogP contribution >= 0.6 is 0 Å². The van der Waals surface area contributed by atoms with Gasteiger partial charge in [0.15, 0.2) is 0 Å². The third-order valence-corrected chi connectivity index (χ3v) is 5.87. The Balaban J connectivity index is 1.62. The molecule has 3 rings (SSSR count). The van der Waals surface area contributed by atoms with Crippen molar-refractivity contribution in [3.8, 4) is 16.9 Å². The predicted molar refractivity (Wildman–Crippen MR) is 119 cm³/mol. The van der Waals surface area contributed by atoms with Gasteiger partial charge in [-0.25, -0.2) is 4.79 Å². The van der Waals surface area contributed by atoms with Crippen molar-refractivity contribution in [3.63, 3.8) is 0 Å². The zero-order valence-corrected chi connectivity index (χ0v) is 18.4. The van der Waals surface area contributed by atoms with Crippen LogP contribution < -0.4 is 10.1 Å². The molecular weight excluding hydrogens is 378 g/mol. The van der Waals surface area contributed by atoms with E-state index in [0.717, 1.165) is 54.7 Å². The summed E-state index contributed by atoms with van der Waals surface area (Å²) in [4.78, 5) is 17.5. The molecule has 2 N–H and O–H groups in total. The Hall–Kier alpha value is -2.60. The lowest BCUT2D eigenvalue weighted by Crippen LogP contribution is -2.53. The lowest BCUT2D eigenvalue weighted by molar-refractivity contribution is 0.0530. The van der Waals surface area contributed by atoms with E-state index in [2.05, 4.69) is 22.4 Å². The van der Waals surface area contributed by atoms with Crippen molar-refractivity contribution in [1.82, 2.24) is 15.2 Å². The highest BCUT2D eigenvalue weighted by molar-refractivity contribution is 5.66. The van der Waals surface area contributed by atoms with Crippen molar-refractivity contribution in [3.05, 3.63) is 48.3 Å². The summed E-state index contributed by atoms with van der Waals surface area (Å²) in [6, 6.07) is 10.7. The van der Waals surface area contributed by atoms with Crippen molar-refractivity contribution in [2.45, 2.75) is 70.6 Å². The quantitative estimate of drug-likeness (QED) is 0.704. The average molecular weight is 412 g/mol. The van der Waals surface area contributed by atoms with E-state index in [-0.39, 0.29) is 11.6 Å². The third-order valence-electron chi connectivity index (χ3n) is 5.87. The van der Waals surface area contributed by atoms with E-state index >= 15 is 0 Å². The highest BCUT2D eigenvalue weighted by atomic mass is 16.5. The second kappa shape index (κ2) is 9.47. The van der Waals surface area contributed by atoms with Gasteiger partial charge in [0.2, 0.25) is 0 Å². The van der Waals surface area contributed by atoms with Gasteiger partial charge in [0.05, 0.1) is 7.11 Å². The van der Waals surface area contributed by atoms with Gasteiger partial charge in [0, 0.05) is 42.1 Å². The fraction of sp³-hybridized carbons (Fsp3) is 0.500. The topological polar surface area (TPSA) is 74.7 Å². The number of nitrogens with one attached hydrogen (secondary N) is 1. The molecule has 1 heterocycles. The molecule has 6 heteroatoms. The van der Waals surface area contributed by atoms with Crippen LogP contribution in [0.5, 0.6) is 5.75 Å². The SMILES string of the molecule is COc1ccc(-c2ccncc2)cc1CN[C@H]1CC[C@H](N(C(=O)O)C(C)(C)C)CC1. The molecule has 0 spiro atoms. The van der Waals surface area contributed by atoms with Gasteiger partial charge in [-0.3, -0.25) is 4.98 Å². The van der Waals surface area contributed by atoms with Crippen molar-refractivity contribution in [1.29, 1.82) is 0 Å². The van der Waals surface area contributed by atoms with Crippen molar-refractivity contribution in [2.75, 3.05) is 7.11 Å². The summed E-state index contributed by atoms with van der Waals surface area (Å²) in [6.07, 6.45) is 6.48. The van der Waals surface area contributed by atoms with Crippen LogP contribution in [0.15, 0.2) is 42.7 Å². The number of aromatic nitrogens is 1. The Morgan fingerprint density at radius 1 is 1.13 bits per heavy atom. The second-order valence-corrected chi connectivity index (χ2v) is 8.97. The molecule has 1 aromatic heterocycles. The van der Waals surface area contributed by atoms with Crippen LogP contribution in [-0.4, -0.2) is 45.8 Å². The number of amides is 1. The molecule has 30 heavy (non-hydrogen) atoms. The number of hydrogen-bond acceptors (Lipinski definition) is 4. The molecule has 0 saturated heterocycles. The van der Waals surface area contributed by atoms with Crippen molar-refractivity contribution in [2.24, 2.45) is 0 Å². The van der Waals surface area contributed by atoms with Crippen LogP contribution in [0.3, 0.4) is 0 Å². The van der Waals surface area contributed by atoms with Gasteiger partial charge in [-0.15, -0.1) is 0 Å². The molecule has 0 bridgehead atoms. The Labute approximate surface area is 179 Å². The summed E-state index contributed by atoms with van der Waals surface area (Å²) in [5.74, 6) is 0.874. The molecule has 1 amide bonds. The first-order chi connectivity index (χ1) is 14.3. The predicted octanol–water partition coefficient (Wildman–Crippen LogP) is 4.94. The number of carbonyl (C=O) groups is 1. The van der Waals surface area contributed by atoms with Gasteiger partial charge in [-0.05, 0) is 81.8 Å². The second-order valence-electron chi connectivity index (χ2n) is 8.97. The summed E-state index contributed by atoms with van der Waals surface area (Å²) in [5.41, 5.74) is 3.01. The first kappa shape index (κ1) is 22.1. The van der Waals surface area contributed by atoms with Crippen molar-refractivity contribution >= 4 is 6.09 Å². The minimum atomic E-state index is -0.823. The van der Waals surface area contributed by atoms with Gasteiger partial charge in [-0.1, -0.05) is 6.07 Å². The monoisotopic (exact) mass is 411 g/mol. The van der Waals surface area contributed by atoms with E-state index in [0.29, 0.717) is 6.04 Å². The number of ether oxygens (including phenoxy) is 1. The van der Waals surface area contributed by atoms with Gasteiger partial charge in [0.25, 0.3) is 0 Å². The summed E-state index contributed by atoms with van der Waals surface area (Å²) < 4.78 is 5.56. The van der Waals surface area contributed by atoms with Crippen LogP contribution in [-0.2, 0) is 6.54 Å². The zero-order valence-electron chi connectivity index (χ0n) is 18.4. The molecule has 0 radical (unpaired) electrons. The molecular formula is C24H33N3O3. The van der Waals surface area contributed by atoms with E-state index in [1.165, 1.54) is 0 Å². The average Bonchev–Trinajstić information content (AvgIpc) is 2.72. The molecule has 1 fully saturated rings. The maximum atomic E-state index is 11.7. The van der Waals surface area contributed by atoms with Gasteiger partial charge >= 0.3 is 6.09 Å². The van der Waals surface area contributed by atoms with Gasteiger partial charge < -0.3 is 20.1 Å². The Morgan fingerprint density at radius 2 is 1.80 bits per heavy atom. The number of hydrogen-bond donors (Lipinski definition) is 2. The van der Waals surface area contributed by atoms with Crippen molar-refractivity contribution < 1.29 is 14.6 Å². The normalized spacial score (nSPS) is 19.3. The Kier molecular flexibility index (Phi) is 6.98. The number of pyridine rings is 1. The summed E-state index contributed by atoms with van der Waals surface area (Å²) in [5, 5.41) is 13.3. The fourth-order valence-corrected chi connectivity index (χ4v) is 4.42. The Bertz CT molecular complexity index is 841. The summed E-state index contributed by atoms with van der Waals surface area (Å²) in [6.45, 7) is 6.62. The fourth-order valence-electron chi connectivity index (χ4n) is 4.42. The molecule has 0 aliphatic heterocycles. The zero-order chi connectivity index (χ0) is 21.7. The summed E-state index contributed by atoms with van der Waals surface area (Å²) in [7, 11) is 1.70. The molecule has 1 aliphatic carbocycles. The largest absolute Gasteiger partial charge is 0.496 e. The van der Waals surface area contributed by atoms with Crippen LogP contribution in [0.1, 0.15) is 52.0 Å². The molecule has 162 valence electrons. The molecule has 0 atom stereocenters. The van der Waals surface area contributed by atoms with Crippen LogP contribution in [0.25, 0.3) is 11.1 Å². The first-order valence-electron chi connectivity index (χ1n) is 10.6. The Morgan fingerprint density at radius 3 is 2.37 bits per heavy atom. The standard InChI is InChI=1S/C24H33N3O3/c1-24(2,3)27(23(28)29)21-8-6-20(7-9-21)26-16-19-15-18(5-10-22(19)30-4)17-11-13-25-14-12-17/h5,10-15,20-21,26H,6-9,16H2,1-4H3,(H,28,29)/t20-,21-. The highest BCUT2D eigenvalue weighted by Gasteiger charge is 2.35. The smallest absolute Gasteiger partial charge is 0.407 e.